The van der Waals surface area contributed by atoms with Crippen LogP contribution < -0.4 is 4.74 Å². The summed E-state index contributed by atoms with van der Waals surface area (Å²) in [5.41, 5.74) is 1.20. The minimum atomic E-state index is -0.391. The second kappa shape index (κ2) is 2.79. The summed E-state index contributed by atoms with van der Waals surface area (Å²) in [6, 6.07) is 7.92. The van der Waals surface area contributed by atoms with Gasteiger partial charge in [0.1, 0.15) is 11.9 Å². The summed E-state index contributed by atoms with van der Waals surface area (Å²) < 4.78 is 5.52. The molecule has 1 heterocycles. The van der Waals surface area contributed by atoms with E-state index < -0.39 is 6.10 Å². The van der Waals surface area contributed by atoms with Crippen molar-refractivity contribution in [3.05, 3.63) is 29.8 Å². The fourth-order valence-electron chi connectivity index (χ4n) is 1.48. The quantitative estimate of drug-likeness (QED) is 0.679. The number of benzene rings is 1. The van der Waals surface area contributed by atoms with Gasteiger partial charge in [-0.3, -0.25) is 0 Å². The third kappa shape index (κ3) is 1.18. The maximum absolute atomic E-state index is 9.30. The lowest BCUT2D eigenvalue weighted by molar-refractivity contribution is 0.0632. The van der Waals surface area contributed by atoms with Gasteiger partial charge in [0.2, 0.25) is 0 Å². The number of aliphatic hydroxyl groups excluding tert-OH is 1. The lowest BCUT2D eigenvalue weighted by Crippen LogP contribution is -2.26. The zero-order chi connectivity index (χ0) is 8.55. The number of fused-ring (bicyclic) bond motifs is 1. The van der Waals surface area contributed by atoms with Gasteiger partial charge in [-0.05, 0) is 18.6 Å². The topological polar surface area (TPSA) is 29.5 Å². The largest absolute Gasteiger partial charge is 0.487 e. The highest BCUT2D eigenvalue weighted by atomic mass is 16.5. The maximum atomic E-state index is 9.30. The van der Waals surface area contributed by atoms with Gasteiger partial charge < -0.3 is 9.84 Å². The molecule has 0 aromatic heterocycles. The first kappa shape index (κ1) is 7.62. The van der Waals surface area contributed by atoms with Crippen LogP contribution in [0.5, 0.6) is 5.75 Å². The Balaban J connectivity index is 2.22. The lowest BCUT2D eigenvalue weighted by atomic mass is 10.1. The highest BCUT2D eigenvalue weighted by Gasteiger charge is 2.25. The third-order valence-electron chi connectivity index (χ3n) is 2.21. The molecule has 0 bridgehead atoms. The normalized spacial score (nSPS) is 23.0. The molecule has 1 aromatic rings. The van der Waals surface area contributed by atoms with Gasteiger partial charge in [-0.15, -0.1) is 0 Å². The van der Waals surface area contributed by atoms with Crippen molar-refractivity contribution in [3.8, 4) is 5.75 Å². The first-order valence-electron chi connectivity index (χ1n) is 4.20. The van der Waals surface area contributed by atoms with Gasteiger partial charge in [0.05, 0.1) is 6.10 Å². The van der Waals surface area contributed by atoms with Crippen molar-refractivity contribution in [2.75, 3.05) is 0 Å². The van der Waals surface area contributed by atoms with Crippen molar-refractivity contribution in [1.82, 2.24) is 0 Å². The van der Waals surface area contributed by atoms with E-state index in [9.17, 15) is 5.11 Å². The molecular weight excluding hydrogens is 152 g/mol. The molecule has 0 fully saturated rings. The number of hydrogen-bond donors (Lipinski definition) is 1. The number of aliphatic hydroxyl groups is 1. The zero-order valence-electron chi connectivity index (χ0n) is 7.03. The van der Waals surface area contributed by atoms with Gasteiger partial charge in [0.15, 0.2) is 0 Å². The van der Waals surface area contributed by atoms with Crippen LogP contribution in [-0.2, 0) is 6.42 Å². The minimum absolute atomic E-state index is 0.0533. The first-order valence-corrected chi connectivity index (χ1v) is 4.20. The second-order valence-corrected chi connectivity index (χ2v) is 3.21. The van der Waals surface area contributed by atoms with Crippen LogP contribution in [0.1, 0.15) is 12.5 Å². The van der Waals surface area contributed by atoms with E-state index in [0.717, 1.165) is 12.2 Å². The molecule has 0 aliphatic carbocycles. The molecule has 2 nitrogen and oxygen atoms in total. The number of para-hydroxylation sites is 1. The Labute approximate surface area is 71.8 Å². The van der Waals surface area contributed by atoms with E-state index in [-0.39, 0.29) is 6.10 Å². The van der Waals surface area contributed by atoms with Gasteiger partial charge in [0, 0.05) is 6.42 Å². The van der Waals surface area contributed by atoms with Crippen LogP contribution in [0.25, 0.3) is 0 Å². The fraction of sp³-hybridized carbons (Fsp3) is 0.400. The number of rotatable bonds is 1. The summed E-state index contributed by atoms with van der Waals surface area (Å²) in [4.78, 5) is 0. The van der Waals surface area contributed by atoms with Crippen LogP contribution in [-0.4, -0.2) is 17.3 Å². The zero-order valence-corrected chi connectivity index (χ0v) is 7.03. The monoisotopic (exact) mass is 164 g/mol. The van der Waals surface area contributed by atoms with Crippen molar-refractivity contribution in [2.24, 2.45) is 0 Å². The van der Waals surface area contributed by atoms with E-state index in [1.165, 1.54) is 5.56 Å². The van der Waals surface area contributed by atoms with Gasteiger partial charge in [-0.1, -0.05) is 18.2 Å². The summed E-state index contributed by atoms with van der Waals surface area (Å²) in [5.74, 6) is 0.920. The lowest BCUT2D eigenvalue weighted by Gasteiger charge is -2.12. The molecule has 64 valence electrons. The third-order valence-corrected chi connectivity index (χ3v) is 2.21. The Morgan fingerprint density at radius 3 is 2.92 bits per heavy atom. The molecule has 0 saturated carbocycles. The molecule has 1 aromatic carbocycles. The van der Waals surface area contributed by atoms with E-state index in [1.54, 1.807) is 6.92 Å². The van der Waals surface area contributed by atoms with Gasteiger partial charge in [0.25, 0.3) is 0 Å². The highest BCUT2D eigenvalue weighted by molar-refractivity contribution is 5.37. The molecule has 2 heteroatoms. The molecule has 0 spiro atoms. The van der Waals surface area contributed by atoms with Crippen LogP contribution in [0.2, 0.25) is 0 Å². The van der Waals surface area contributed by atoms with Crippen LogP contribution in [0.15, 0.2) is 24.3 Å². The van der Waals surface area contributed by atoms with Crippen molar-refractivity contribution in [2.45, 2.75) is 25.6 Å². The average molecular weight is 164 g/mol. The van der Waals surface area contributed by atoms with E-state index in [0.29, 0.717) is 0 Å². The Morgan fingerprint density at radius 1 is 1.50 bits per heavy atom. The predicted octanol–water partition coefficient (Wildman–Crippen LogP) is 1.37. The average Bonchev–Trinajstić information content (AvgIpc) is 2.46. The molecule has 2 rings (SSSR count). The number of hydrogen-bond acceptors (Lipinski definition) is 2. The molecule has 0 amide bonds. The molecular formula is C10H12O2. The van der Waals surface area contributed by atoms with Crippen LogP contribution >= 0.6 is 0 Å². The number of ether oxygens (including phenoxy) is 1. The van der Waals surface area contributed by atoms with Gasteiger partial charge >= 0.3 is 0 Å². The van der Waals surface area contributed by atoms with E-state index >= 15 is 0 Å². The summed E-state index contributed by atoms with van der Waals surface area (Å²) in [6.07, 6.45) is 0.383. The van der Waals surface area contributed by atoms with Gasteiger partial charge in [-0.25, -0.2) is 0 Å². The minimum Gasteiger partial charge on any atom is -0.487 e. The molecule has 12 heavy (non-hydrogen) atoms. The Morgan fingerprint density at radius 2 is 2.25 bits per heavy atom. The van der Waals surface area contributed by atoms with E-state index in [4.69, 9.17) is 4.74 Å². The van der Waals surface area contributed by atoms with Crippen molar-refractivity contribution >= 4 is 0 Å². The Kier molecular flexibility index (Phi) is 1.77. The van der Waals surface area contributed by atoms with Crippen molar-refractivity contribution < 1.29 is 9.84 Å². The molecule has 0 unspecified atom stereocenters. The Hall–Kier alpha value is -1.02. The molecule has 1 aliphatic rings. The van der Waals surface area contributed by atoms with E-state index in [1.807, 2.05) is 24.3 Å². The van der Waals surface area contributed by atoms with Crippen molar-refractivity contribution in [3.63, 3.8) is 0 Å². The highest BCUT2D eigenvalue weighted by Crippen LogP contribution is 2.29. The smallest absolute Gasteiger partial charge is 0.128 e. The SMILES string of the molecule is C[C@H](O)[C@@H]1Cc2ccccc2O1. The molecule has 1 aliphatic heterocycles. The summed E-state index contributed by atoms with van der Waals surface area (Å²) in [5, 5.41) is 9.30. The fourth-order valence-corrected chi connectivity index (χ4v) is 1.48. The summed E-state index contributed by atoms with van der Waals surface area (Å²) >= 11 is 0. The van der Waals surface area contributed by atoms with Gasteiger partial charge in [-0.2, -0.15) is 0 Å². The van der Waals surface area contributed by atoms with Crippen LogP contribution in [0, 0.1) is 0 Å². The molecule has 1 N–H and O–H groups in total. The Bertz CT molecular complexity index is 256. The molecule has 2 atom stereocenters. The van der Waals surface area contributed by atoms with Crippen LogP contribution in [0.3, 0.4) is 0 Å². The second-order valence-electron chi connectivity index (χ2n) is 3.21. The molecule has 0 saturated heterocycles. The summed E-state index contributed by atoms with van der Waals surface area (Å²) in [7, 11) is 0. The summed E-state index contributed by atoms with van der Waals surface area (Å²) in [6.45, 7) is 1.76. The first-order chi connectivity index (χ1) is 5.77. The van der Waals surface area contributed by atoms with Crippen LogP contribution in [0.4, 0.5) is 0 Å². The van der Waals surface area contributed by atoms with E-state index in [2.05, 4.69) is 0 Å². The maximum Gasteiger partial charge on any atom is 0.128 e. The molecule has 0 radical (unpaired) electrons. The van der Waals surface area contributed by atoms with Crippen molar-refractivity contribution in [1.29, 1.82) is 0 Å². The standard InChI is InChI=1S/C10H12O2/c1-7(11)10-6-8-4-2-3-5-9(8)12-10/h2-5,7,10-11H,6H2,1H3/t7-,10-/m0/s1. The predicted molar refractivity (Wildman–Crippen MR) is 46.2 cm³/mol.